The van der Waals surface area contributed by atoms with Crippen LogP contribution in [0.4, 0.5) is 11.4 Å². The molecule has 4 aromatic rings. The molecule has 0 spiro atoms. The van der Waals surface area contributed by atoms with Crippen LogP contribution in [0.25, 0.3) is 0 Å². The zero-order valence-corrected chi connectivity index (χ0v) is 23.0. The van der Waals surface area contributed by atoms with Crippen LogP contribution >= 0.6 is 0 Å². The van der Waals surface area contributed by atoms with Gasteiger partial charge in [-0.05, 0) is 74.8 Å². The predicted molar refractivity (Wildman–Crippen MR) is 149 cm³/mol. The van der Waals surface area contributed by atoms with Gasteiger partial charge in [-0.2, -0.15) is 0 Å². The van der Waals surface area contributed by atoms with E-state index in [0.29, 0.717) is 28.7 Å². The fourth-order valence-corrected chi connectivity index (χ4v) is 4.62. The first-order valence-corrected chi connectivity index (χ1v) is 14.4. The smallest absolute Gasteiger partial charge is 0.269 e. The molecule has 0 unspecified atom stereocenters. The minimum Gasteiger partial charge on any atom is -0.457 e. The molecule has 4 N–H and O–H groups in total. The summed E-state index contributed by atoms with van der Waals surface area (Å²) < 4.78 is 62.2. The van der Waals surface area contributed by atoms with E-state index in [0.717, 1.165) is 0 Å². The van der Waals surface area contributed by atoms with Crippen LogP contribution in [0.2, 0.25) is 0 Å². The summed E-state index contributed by atoms with van der Waals surface area (Å²) in [5.74, 6) is 1.73. The second-order valence-electron chi connectivity index (χ2n) is 7.89. The molecule has 0 amide bonds. The Morgan fingerprint density at radius 2 is 1.05 bits per heavy atom. The third-order valence-electron chi connectivity index (χ3n) is 5.17. The highest BCUT2D eigenvalue weighted by Gasteiger charge is 2.13. The first-order chi connectivity index (χ1) is 18.9. The quantitative estimate of drug-likeness (QED) is 0.147. The molecule has 0 atom stereocenters. The maximum Gasteiger partial charge on any atom is 0.269 e. The van der Waals surface area contributed by atoms with Crippen LogP contribution in [-0.4, -0.2) is 35.9 Å². The number of nitrogens with zero attached hydrogens (tertiary/aromatic N) is 1. The Morgan fingerprint density at radius 1 is 0.650 bits per heavy atom. The van der Waals surface area contributed by atoms with Crippen molar-refractivity contribution in [2.24, 2.45) is 0 Å². The molecule has 210 valence electrons. The number of non-ortho nitro benzene ring substituents is 1. The monoisotopic (exact) mass is 586 g/mol. The highest BCUT2D eigenvalue weighted by Crippen LogP contribution is 2.26. The van der Waals surface area contributed by atoms with Gasteiger partial charge in [0.05, 0.1) is 14.7 Å². The number of benzene rings is 4. The Bertz CT molecular complexity index is 1680. The average molecular weight is 587 g/mol. The number of ether oxygens (including phenoxy) is 2. The Labute approximate surface area is 231 Å². The van der Waals surface area contributed by atoms with E-state index in [2.05, 4.69) is 9.44 Å². The SMILES string of the molecule is CNS(=O)(=O)c1cccc(Oc2ccc(N)cc2)c1.CNS(=O)(=O)c1cccc(Oc2ccc([N+](=O)[O-])cc2)c1. The first kappa shape index (κ1) is 30.0. The number of nitrogens with two attached hydrogens (primary N) is 1. The van der Waals surface area contributed by atoms with Crippen molar-refractivity contribution >= 4 is 31.4 Å². The summed E-state index contributed by atoms with van der Waals surface area (Å²) in [5, 5.41) is 10.5. The zero-order chi connectivity index (χ0) is 29.3. The van der Waals surface area contributed by atoms with E-state index in [1.54, 1.807) is 48.5 Å². The molecule has 0 bridgehead atoms. The lowest BCUT2D eigenvalue weighted by Gasteiger charge is -2.08. The Morgan fingerprint density at radius 3 is 1.43 bits per heavy atom. The molecule has 4 aromatic carbocycles. The van der Waals surface area contributed by atoms with Crippen molar-refractivity contribution in [2.45, 2.75) is 9.79 Å². The highest BCUT2D eigenvalue weighted by molar-refractivity contribution is 7.89. The summed E-state index contributed by atoms with van der Waals surface area (Å²) in [6.45, 7) is 0. The average Bonchev–Trinajstić information content (AvgIpc) is 2.95. The molecule has 0 fully saturated rings. The normalized spacial score (nSPS) is 11.2. The van der Waals surface area contributed by atoms with Gasteiger partial charge in [0.25, 0.3) is 5.69 Å². The molecule has 0 aliphatic heterocycles. The Hall–Kier alpha value is -4.50. The summed E-state index contributed by atoms with van der Waals surface area (Å²) in [6.07, 6.45) is 0. The highest BCUT2D eigenvalue weighted by atomic mass is 32.2. The Kier molecular flexibility index (Phi) is 9.79. The number of hydrogen-bond acceptors (Lipinski definition) is 9. The van der Waals surface area contributed by atoms with Gasteiger partial charge in [0.2, 0.25) is 20.0 Å². The lowest BCUT2D eigenvalue weighted by Crippen LogP contribution is -2.18. The summed E-state index contributed by atoms with van der Waals surface area (Å²) in [4.78, 5) is 10.3. The van der Waals surface area contributed by atoms with Gasteiger partial charge in [0, 0.05) is 30.0 Å². The number of nitro benzene ring substituents is 1. The van der Waals surface area contributed by atoms with E-state index in [1.165, 1.54) is 62.6 Å². The van der Waals surface area contributed by atoms with Crippen LogP contribution in [0.5, 0.6) is 23.0 Å². The van der Waals surface area contributed by atoms with Crippen molar-refractivity contribution < 1.29 is 31.2 Å². The topological polar surface area (TPSA) is 180 Å². The van der Waals surface area contributed by atoms with Crippen LogP contribution in [0.15, 0.2) is 107 Å². The van der Waals surface area contributed by atoms with Crippen molar-refractivity contribution in [2.75, 3.05) is 19.8 Å². The molecule has 12 nitrogen and oxygen atoms in total. The van der Waals surface area contributed by atoms with Gasteiger partial charge >= 0.3 is 0 Å². The van der Waals surface area contributed by atoms with Crippen molar-refractivity contribution in [3.05, 3.63) is 107 Å². The van der Waals surface area contributed by atoms with Crippen LogP contribution in [-0.2, 0) is 20.0 Å². The van der Waals surface area contributed by atoms with Crippen molar-refractivity contribution in [3.8, 4) is 23.0 Å². The van der Waals surface area contributed by atoms with Crippen LogP contribution in [0.3, 0.4) is 0 Å². The van der Waals surface area contributed by atoms with E-state index >= 15 is 0 Å². The third-order valence-corrected chi connectivity index (χ3v) is 7.99. The maximum atomic E-state index is 11.7. The minimum atomic E-state index is -3.55. The van der Waals surface area contributed by atoms with Gasteiger partial charge in [0.15, 0.2) is 0 Å². The van der Waals surface area contributed by atoms with Crippen molar-refractivity contribution in [3.63, 3.8) is 0 Å². The number of sulfonamides is 2. The number of anilines is 1. The van der Waals surface area contributed by atoms with Crippen LogP contribution in [0.1, 0.15) is 0 Å². The van der Waals surface area contributed by atoms with Crippen LogP contribution < -0.4 is 24.7 Å². The molecule has 0 radical (unpaired) electrons. The van der Waals surface area contributed by atoms with Gasteiger partial charge in [-0.1, -0.05) is 12.1 Å². The van der Waals surface area contributed by atoms with Crippen molar-refractivity contribution in [1.82, 2.24) is 9.44 Å². The van der Waals surface area contributed by atoms with E-state index < -0.39 is 25.0 Å². The second-order valence-corrected chi connectivity index (χ2v) is 11.7. The summed E-state index contributed by atoms with van der Waals surface area (Å²) in [6, 6.07) is 24.6. The number of hydrogen-bond donors (Lipinski definition) is 3. The molecule has 0 saturated heterocycles. The zero-order valence-electron chi connectivity index (χ0n) is 21.3. The van der Waals surface area contributed by atoms with E-state index in [4.69, 9.17) is 15.2 Å². The second kappa shape index (κ2) is 13.0. The van der Waals surface area contributed by atoms with Gasteiger partial charge in [-0.3, -0.25) is 10.1 Å². The van der Waals surface area contributed by atoms with Gasteiger partial charge in [0.1, 0.15) is 23.0 Å². The molecule has 40 heavy (non-hydrogen) atoms. The summed E-state index contributed by atoms with van der Waals surface area (Å²) in [7, 11) is -4.34. The molecule has 0 aromatic heterocycles. The molecule has 0 aliphatic carbocycles. The number of nitro groups is 1. The molecule has 14 heteroatoms. The van der Waals surface area contributed by atoms with E-state index in [9.17, 15) is 26.9 Å². The Balaban J connectivity index is 0.000000222. The summed E-state index contributed by atoms with van der Waals surface area (Å²) >= 11 is 0. The molecule has 4 rings (SSSR count). The molecular formula is C26H26N4O8S2. The molecule has 0 aliphatic rings. The third kappa shape index (κ3) is 8.25. The summed E-state index contributed by atoms with van der Waals surface area (Å²) in [5.41, 5.74) is 6.17. The van der Waals surface area contributed by atoms with Crippen molar-refractivity contribution in [1.29, 1.82) is 0 Å². The van der Waals surface area contributed by atoms with E-state index in [-0.39, 0.29) is 15.5 Å². The lowest BCUT2D eigenvalue weighted by molar-refractivity contribution is -0.384. The molecule has 0 saturated carbocycles. The maximum absolute atomic E-state index is 11.7. The number of nitrogen functional groups attached to an aromatic ring is 1. The number of nitrogens with one attached hydrogen (secondary N) is 2. The van der Waals surface area contributed by atoms with Crippen LogP contribution in [0, 0.1) is 10.1 Å². The minimum absolute atomic E-state index is 0.0474. The lowest BCUT2D eigenvalue weighted by atomic mass is 10.3. The van der Waals surface area contributed by atoms with Gasteiger partial charge in [-0.15, -0.1) is 0 Å². The standard InChI is InChI=1S/C13H12N2O5S.C13H14N2O3S/c1-14-21(18,19)13-4-2-3-12(9-13)20-11-7-5-10(6-8-11)15(16)17;1-15-19(16,17)13-4-2-3-12(9-13)18-11-7-5-10(14)6-8-11/h2-9,14H,1H3;2-9,15H,14H2,1H3. The number of rotatable bonds is 9. The molecular weight excluding hydrogens is 560 g/mol. The first-order valence-electron chi connectivity index (χ1n) is 11.5. The largest absolute Gasteiger partial charge is 0.457 e. The van der Waals surface area contributed by atoms with Gasteiger partial charge < -0.3 is 15.2 Å². The van der Waals surface area contributed by atoms with E-state index in [1.807, 2.05) is 0 Å². The van der Waals surface area contributed by atoms with Gasteiger partial charge in [-0.25, -0.2) is 26.3 Å². The fourth-order valence-electron chi connectivity index (χ4n) is 3.09. The fraction of sp³-hybridized carbons (Fsp3) is 0.0769. The predicted octanol–water partition coefficient (Wildman–Crippen LogP) is 4.26. The molecule has 0 heterocycles.